The van der Waals surface area contributed by atoms with E-state index in [1.54, 1.807) is 0 Å². The quantitative estimate of drug-likeness (QED) is 0.845. The summed E-state index contributed by atoms with van der Waals surface area (Å²) in [5.74, 6) is 0.655. The molecule has 1 atom stereocenters. The molecule has 16 heavy (non-hydrogen) atoms. The van der Waals surface area contributed by atoms with Crippen molar-refractivity contribution in [2.45, 2.75) is 33.2 Å². The molecule has 5 nitrogen and oxygen atoms in total. The second kappa shape index (κ2) is 4.05. The predicted molar refractivity (Wildman–Crippen MR) is 62.4 cm³/mol. The number of anilines is 1. The van der Waals surface area contributed by atoms with Crippen LogP contribution < -0.4 is 10.2 Å². The molecule has 0 aromatic carbocycles. The van der Waals surface area contributed by atoms with E-state index in [1.807, 2.05) is 14.0 Å². The Morgan fingerprint density at radius 1 is 1.44 bits per heavy atom. The molecule has 90 valence electrons. The summed E-state index contributed by atoms with van der Waals surface area (Å²) >= 11 is 0. The Morgan fingerprint density at radius 3 is 2.75 bits per heavy atom. The molecule has 1 N–H and O–H groups in total. The lowest BCUT2D eigenvalue weighted by Crippen LogP contribution is -2.22. The highest BCUT2D eigenvalue weighted by Crippen LogP contribution is 2.32. The maximum absolute atomic E-state index is 5.65. The second-order valence-corrected chi connectivity index (χ2v) is 5.27. The summed E-state index contributed by atoms with van der Waals surface area (Å²) in [5.41, 5.74) is 0.350. The number of nitrogens with one attached hydrogen (secondary N) is 1. The maximum atomic E-state index is 5.65. The van der Waals surface area contributed by atoms with E-state index < -0.39 is 0 Å². The van der Waals surface area contributed by atoms with Gasteiger partial charge in [-0.2, -0.15) is 0 Å². The van der Waals surface area contributed by atoms with Crippen LogP contribution in [0.4, 0.5) is 6.01 Å². The first-order valence-electron chi connectivity index (χ1n) is 5.77. The summed E-state index contributed by atoms with van der Waals surface area (Å²) in [6.07, 6.45) is 1.17. The van der Waals surface area contributed by atoms with E-state index in [1.165, 1.54) is 6.42 Å². The van der Waals surface area contributed by atoms with Crippen LogP contribution in [0.2, 0.25) is 0 Å². The minimum absolute atomic E-state index is 0.108. The summed E-state index contributed by atoms with van der Waals surface area (Å²) in [7, 11) is 1.88. The van der Waals surface area contributed by atoms with Crippen molar-refractivity contribution in [1.82, 2.24) is 15.5 Å². The Kier molecular flexibility index (Phi) is 2.88. The van der Waals surface area contributed by atoms with Crippen LogP contribution in [0, 0.1) is 5.41 Å². The zero-order valence-electron chi connectivity index (χ0n) is 10.4. The van der Waals surface area contributed by atoms with Crippen LogP contribution in [0.25, 0.3) is 0 Å². The molecule has 0 spiro atoms. The smallest absolute Gasteiger partial charge is 0.318 e. The fraction of sp³-hybridized carbons (Fsp3) is 0.818. The van der Waals surface area contributed by atoms with Gasteiger partial charge in [-0.05, 0) is 25.8 Å². The van der Waals surface area contributed by atoms with Gasteiger partial charge in [0, 0.05) is 13.1 Å². The van der Waals surface area contributed by atoms with Crippen molar-refractivity contribution in [3.63, 3.8) is 0 Å². The van der Waals surface area contributed by atoms with E-state index in [2.05, 4.69) is 34.3 Å². The zero-order chi connectivity index (χ0) is 11.8. The van der Waals surface area contributed by atoms with Crippen molar-refractivity contribution in [3.05, 3.63) is 5.89 Å². The van der Waals surface area contributed by atoms with Gasteiger partial charge in [0.15, 0.2) is 0 Å². The maximum Gasteiger partial charge on any atom is 0.318 e. The molecule has 5 heteroatoms. The van der Waals surface area contributed by atoms with Crippen LogP contribution in [0.3, 0.4) is 0 Å². The molecule has 0 aliphatic carbocycles. The highest BCUT2D eigenvalue weighted by atomic mass is 16.4. The van der Waals surface area contributed by atoms with Gasteiger partial charge in [0.25, 0.3) is 0 Å². The van der Waals surface area contributed by atoms with Gasteiger partial charge in [-0.25, -0.2) is 0 Å². The van der Waals surface area contributed by atoms with Crippen LogP contribution in [0.15, 0.2) is 4.42 Å². The number of hydrogen-bond acceptors (Lipinski definition) is 5. The number of aromatic nitrogens is 2. The topological polar surface area (TPSA) is 54.2 Å². The summed E-state index contributed by atoms with van der Waals surface area (Å²) in [6, 6.07) is 0.763. The highest BCUT2D eigenvalue weighted by Gasteiger charge is 2.32. The molecule has 0 saturated carbocycles. The van der Waals surface area contributed by atoms with Crippen molar-refractivity contribution in [2.75, 3.05) is 25.0 Å². The lowest BCUT2D eigenvalue weighted by molar-refractivity contribution is 0.407. The van der Waals surface area contributed by atoms with E-state index in [9.17, 15) is 0 Å². The minimum Gasteiger partial charge on any atom is -0.406 e. The van der Waals surface area contributed by atoms with Gasteiger partial charge in [-0.1, -0.05) is 18.9 Å². The Morgan fingerprint density at radius 2 is 2.19 bits per heavy atom. The Labute approximate surface area is 96.2 Å². The number of hydrogen-bond donors (Lipinski definition) is 1. The number of nitrogens with zero attached hydrogens (tertiary/aromatic N) is 3. The van der Waals surface area contributed by atoms with Gasteiger partial charge in [-0.3, -0.25) is 0 Å². The average Bonchev–Trinajstić information content (AvgIpc) is 2.83. The van der Waals surface area contributed by atoms with Crippen LogP contribution in [0.1, 0.15) is 39.1 Å². The summed E-state index contributed by atoms with van der Waals surface area (Å²) in [5, 5.41) is 11.2. The van der Waals surface area contributed by atoms with Gasteiger partial charge in [0.2, 0.25) is 5.89 Å². The molecule has 0 radical (unpaired) electrons. The van der Waals surface area contributed by atoms with Crippen LogP contribution in [0.5, 0.6) is 0 Å². The van der Waals surface area contributed by atoms with Gasteiger partial charge < -0.3 is 14.6 Å². The molecule has 1 aromatic rings. The van der Waals surface area contributed by atoms with Crippen LogP contribution in [-0.2, 0) is 0 Å². The molecular formula is C11H20N4O. The molecule has 0 bridgehead atoms. The third-order valence-electron chi connectivity index (χ3n) is 3.18. The van der Waals surface area contributed by atoms with Gasteiger partial charge in [0.05, 0.1) is 6.04 Å². The van der Waals surface area contributed by atoms with E-state index in [0.717, 1.165) is 13.1 Å². The van der Waals surface area contributed by atoms with Crippen LogP contribution >= 0.6 is 0 Å². The van der Waals surface area contributed by atoms with Gasteiger partial charge in [-0.15, -0.1) is 5.10 Å². The molecule has 1 saturated heterocycles. The summed E-state index contributed by atoms with van der Waals surface area (Å²) < 4.78 is 5.65. The SMILES string of the molecule is CNC(C)c1nnc(N2CCC(C)(C)C2)o1. The van der Waals surface area contributed by atoms with Crippen LogP contribution in [-0.4, -0.2) is 30.3 Å². The average molecular weight is 224 g/mol. The second-order valence-electron chi connectivity index (χ2n) is 5.27. The normalized spacial score (nSPS) is 21.4. The first-order chi connectivity index (χ1) is 7.52. The Hall–Kier alpha value is -1.10. The summed E-state index contributed by atoms with van der Waals surface area (Å²) in [6.45, 7) is 8.53. The van der Waals surface area contributed by atoms with Crippen molar-refractivity contribution in [2.24, 2.45) is 5.41 Å². The minimum atomic E-state index is 0.108. The van der Waals surface area contributed by atoms with Crippen molar-refractivity contribution in [3.8, 4) is 0 Å². The molecule has 1 aliphatic heterocycles. The molecule has 2 rings (SSSR count). The molecule has 1 fully saturated rings. The lowest BCUT2D eigenvalue weighted by atomic mass is 9.93. The molecule has 1 unspecified atom stereocenters. The van der Waals surface area contributed by atoms with E-state index in [4.69, 9.17) is 4.42 Å². The van der Waals surface area contributed by atoms with E-state index in [-0.39, 0.29) is 6.04 Å². The van der Waals surface area contributed by atoms with Gasteiger partial charge >= 0.3 is 6.01 Å². The standard InChI is InChI=1S/C11H20N4O/c1-8(12-4)9-13-14-10(16-9)15-6-5-11(2,3)7-15/h8,12H,5-7H2,1-4H3. The molecule has 1 aromatic heterocycles. The predicted octanol–water partition coefficient (Wildman–Crippen LogP) is 1.59. The lowest BCUT2D eigenvalue weighted by Gasteiger charge is -2.17. The highest BCUT2D eigenvalue weighted by molar-refractivity contribution is 5.27. The largest absolute Gasteiger partial charge is 0.406 e. The van der Waals surface area contributed by atoms with Gasteiger partial charge in [0.1, 0.15) is 0 Å². The van der Waals surface area contributed by atoms with Crippen molar-refractivity contribution >= 4 is 6.01 Å². The molecule has 0 amide bonds. The van der Waals surface area contributed by atoms with E-state index in [0.29, 0.717) is 17.3 Å². The monoisotopic (exact) mass is 224 g/mol. The van der Waals surface area contributed by atoms with E-state index >= 15 is 0 Å². The molecular weight excluding hydrogens is 204 g/mol. The van der Waals surface area contributed by atoms with Crippen molar-refractivity contribution in [1.29, 1.82) is 0 Å². The fourth-order valence-electron chi connectivity index (χ4n) is 1.93. The Balaban J connectivity index is 2.08. The first kappa shape index (κ1) is 11.4. The van der Waals surface area contributed by atoms with Crippen molar-refractivity contribution < 1.29 is 4.42 Å². The summed E-state index contributed by atoms with van der Waals surface area (Å²) in [4.78, 5) is 2.17. The third kappa shape index (κ3) is 2.19. The number of rotatable bonds is 3. The molecule has 2 heterocycles. The fourth-order valence-corrected chi connectivity index (χ4v) is 1.93. The first-order valence-corrected chi connectivity index (χ1v) is 5.77. The zero-order valence-corrected chi connectivity index (χ0v) is 10.4. The third-order valence-corrected chi connectivity index (χ3v) is 3.18. The Bertz CT molecular complexity index is 361. The molecule has 1 aliphatic rings.